The van der Waals surface area contributed by atoms with Gasteiger partial charge in [-0.2, -0.15) is 12.6 Å². The maximum Gasteiger partial charge on any atom is 0.285 e. The van der Waals surface area contributed by atoms with Crippen LogP contribution in [-0.4, -0.2) is 31.5 Å². The van der Waals surface area contributed by atoms with Gasteiger partial charge in [-0.3, -0.25) is 0 Å². The van der Waals surface area contributed by atoms with Gasteiger partial charge in [0.1, 0.15) is 0 Å². The van der Waals surface area contributed by atoms with Gasteiger partial charge in [-0.25, -0.2) is 0 Å². The molecule has 0 aliphatic heterocycles. The number of hydrogen-bond donors (Lipinski definition) is 1. The number of rotatable bonds is 19. The molecule has 0 bridgehead atoms. The van der Waals surface area contributed by atoms with Crippen LogP contribution >= 0.6 is 12.6 Å². The van der Waals surface area contributed by atoms with Crippen molar-refractivity contribution in [2.45, 2.75) is 104 Å². The molecule has 0 aromatic rings. The van der Waals surface area contributed by atoms with Crippen molar-refractivity contribution in [2.75, 3.05) is 25.6 Å². The van der Waals surface area contributed by atoms with Gasteiger partial charge in [0.25, 0.3) is 5.97 Å². The summed E-state index contributed by atoms with van der Waals surface area (Å²) >= 11 is 4.49. The Bertz CT molecular complexity index is 252. The van der Waals surface area contributed by atoms with Gasteiger partial charge in [-0.05, 0) is 37.9 Å². The Balaban J connectivity index is 4.88. The number of ether oxygens (including phenoxy) is 3. The molecule has 1 atom stereocenters. The van der Waals surface area contributed by atoms with Crippen molar-refractivity contribution in [3.05, 3.63) is 0 Å². The molecule has 0 fully saturated rings. The number of hydrogen-bond acceptors (Lipinski definition) is 4. The van der Waals surface area contributed by atoms with Crippen LogP contribution in [0.3, 0.4) is 0 Å². The largest absolute Gasteiger partial charge is 0.327 e. The summed E-state index contributed by atoms with van der Waals surface area (Å²) in [6.45, 7) is 10.7. The van der Waals surface area contributed by atoms with E-state index in [1.807, 2.05) is 0 Å². The van der Waals surface area contributed by atoms with Crippen molar-refractivity contribution < 1.29 is 14.2 Å². The highest BCUT2D eigenvalue weighted by Crippen LogP contribution is 2.34. The SMILES string of the molecule is CCCCCCCCC(CCS)C(OCCC)(OCCC)OCCC. The maximum absolute atomic E-state index is 6.21. The zero-order valence-electron chi connectivity index (χ0n) is 17.4. The van der Waals surface area contributed by atoms with E-state index in [9.17, 15) is 0 Å². The van der Waals surface area contributed by atoms with E-state index >= 15 is 0 Å². The van der Waals surface area contributed by atoms with Gasteiger partial charge in [0.2, 0.25) is 0 Å². The van der Waals surface area contributed by atoms with E-state index in [0.29, 0.717) is 19.8 Å². The first-order chi connectivity index (χ1) is 12.2. The van der Waals surface area contributed by atoms with E-state index in [2.05, 4.69) is 40.3 Å². The molecule has 0 amide bonds. The third kappa shape index (κ3) is 11.5. The van der Waals surface area contributed by atoms with Gasteiger partial charge in [-0.15, -0.1) is 0 Å². The molecule has 0 saturated carbocycles. The van der Waals surface area contributed by atoms with Crippen LogP contribution in [0.5, 0.6) is 0 Å². The average molecular weight is 377 g/mol. The lowest BCUT2D eigenvalue weighted by Crippen LogP contribution is -2.47. The molecular formula is C21H44O3S. The Morgan fingerprint density at radius 1 is 0.640 bits per heavy atom. The first-order valence-corrected chi connectivity index (χ1v) is 11.4. The molecule has 3 nitrogen and oxygen atoms in total. The van der Waals surface area contributed by atoms with Crippen LogP contribution < -0.4 is 0 Å². The van der Waals surface area contributed by atoms with Crippen LogP contribution in [0.15, 0.2) is 0 Å². The highest BCUT2D eigenvalue weighted by molar-refractivity contribution is 7.80. The molecule has 0 spiro atoms. The molecule has 0 aromatic heterocycles. The molecule has 152 valence electrons. The summed E-state index contributed by atoms with van der Waals surface area (Å²) in [5, 5.41) is 0. The van der Waals surface area contributed by atoms with Crippen molar-refractivity contribution in [3.63, 3.8) is 0 Å². The van der Waals surface area contributed by atoms with Gasteiger partial charge in [0.05, 0.1) is 19.8 Å². The fourth-order valence-electron chi connectivity index (χ4n) is 3.04. The van der Waals surface area contributed by atoms with E-state index < -0.39 is 5.97 Å². The zero-order valence-corrected chi connectivity index (χ0v) is 18.3. The number of unbranched alkanes of at least 4 members (excludes halogenated alkanes) is 5. The molecule has 0 aromatic carbocycles. The Hall–Kier alpha value is 0.230. The van der Waals surface area contributed by atoms with E-state index in [4.69, 9.17) is 14.2 Å². The summed E-state index contributed by atoms with van der Waals surface area (Å²) in [6, 6.07) is 0. The molecule has 25 heavy (non-hydrogen) atoms. The molecule has 0 radical (unpaired) electrons. The van der Waals surface area contributed by atoms with Gasteiger partial charge < -0.3 is 14.2 Å². The topological polar surface area (TPSA) is 27.7 Å². The van der Waals surface area contributed by atoms with Gasteiger partial charge in [-0.1, -0.05) is 66.2 Å². The monoisotopic (exact) mass is 376 g/mol. The van der Waals surface area contributed by atoms with Crippen LogP contribution in [-0.2, 0) is 14.2 Å². The second-order valence-electron chi connectivity index (χ2n) is 6.91. The fraction of sp³-hybridized carbons (Fsp3) is 1.00. The smallest absolute Gasteiger partial charge is 0.285 e. The van der Waals surface area contributed by atoms with Gasteiger partial charge in [0, 0.05) is 5.92 Å². The van der Waals surface area contributed by atoms with Crippen molar-refractivity contribution >= 4 is 12.6 Å². The highest BCUT2D eigenvalue weighted by atomic mass is 32.1. The number of thiol groups is 1. The van der Waals surface area contributed by atoms with E-state index in [1.54, 1.807) is 0 Å². The van der Waals surface area contributed by atoms with E-state index in [1.165, 1.54) is 38.5 Å². The second kappa shape index (κ2) is 17.6. The lowest BCUT2D eigenvalue weighted by molar-refractivity contribution is -0.406. The predicted octanol–water partition coefficient (Wildman–Crippen LogP) is 6.61. The molecule has 0 heterocycles. The Morgan fingerprint density at radius 3 is 1.56 bits per heavy atom. The fourth-order valence-corrected chi connectivity index (χ4v) is 3.35. The summed E-state index contributed by atoms with van der Waals surface area (Å²) < 4.78 is 18.6. The Labute approximate surface area is 163 Å². The molecule has 0 aliphatic carbocycles. The van der Waals surface area contributed by atoms with Crippen molar-refractivity contribution in [2.24, 2.45) is 5.92 Å². The van der Waals surface area contributed by atoms with Crippen molar-refractivity contribution in [1.82, 2.24) is 0 Å². The first kappa shape index (κ1) is 25.2. The minimum Gasteiger partial charge on any atom is -0.327 e. The Kier molecular flexibility index (Phi) is 17.8. The minimum atomic E-state index is -0.881. The summed E-state index contributed by atoms with van der Waals surface area (Å²) in [6.07, 6.45) is 12.8. The molecule has 0 N–H and O–H groups in total. The minimum absolute atomic E-state index is 0.251. The van der Waals surface area contributed by atoms with Crippen molar-refractivity contribution in [3.8, 4) is 0 Å². The molecule has 0 saturated heterocycles. The molecule has 0 aliphatic rings. The Morgan fingerprint density at radius 2 is 1.12 bits per heavy atom. The molecule has 1 unspecified atom stereocenters. The molecule has 4 heteroatoms. The summed E-state index contributed by atoms with van der Waals surface area (Å²) in [7, 11) is 0. The van der Waals surface area contributed by atoms with Crippen LogP contribution in [0.2, 0.25) is 0 Å². The van der Waals surface area contributed by atoms with E-state index in [0.717, 1.165) is 37.9 Å². The molecular weight excluding hydrogens is 332 g/mol. The van der Waals surface area contributed by atoms with Gasteiger partial charge in [0.15, 0.2) is 0 Å². The normalized spacial score (nSPS) is 13.3. The third-order valence-corrected chi connectivity index (χ3v) is 4.66. The average Bonchev–Trinajstić information content (AvgIpc) is 2.63. The lowest BCUT2D eigenvalue weighted by Gasteiger charge is -2.39. The highest BCUT2D eigenvalue weighted by Gasteiger charge is 2.41. The van der Waals surface area contributed by atoms with Crippen LogP contribution in [0, 0.1) is 5.92 Å². The first-order valence-electron chi connectivity index (χ1n) is 10.7. The summed E-state index contributed by atoms with van der Waals surface area (Å²) in [4.78, 5) is 0. The predicted molar refractivity (Wildman–Crippen MR) is 111 cm³/mol. The van der Waals surface area contributed by atoms with Crippen LogP contribution in [0.1, 0.15) is 98.3 Å². The van der Waals surface area contributed by atoms with Gasteiger partial charge >= 0.3 is 0 Å². The molecule has 0 rings (SSSR count). The zero-order chi connectivity index (χ0) is 18.8. The summed E-state index contributed by atoms with van der Waals surface area (Å²) in [5.74, 6) is 0.206. The third-order valence-electron chi connectivity index (χ3n) is 4.41. The van der Waals surface area contributed by atoms with Crippen LogP contribution in [0.4, 0.5) is 0 Å². The van der Waals surface area contributed by atoms with Crippen LogP contribution in [0.25, 0.3) is 0 Å². The van der Waals surface area contributed by atoms with E-state index in [-0.39, 0.29) is 5.92 Å². The quantitative estimate of drug-likeness (QED) is 0.156. The van der Waals surface area contributed by atoms with Crippen molar-refractivity contribution in [1.29, 1.82) is 0 Å². The standard InChI is InChI=1S/C21H44O3S/c1-5-9-10-11-12-13-14-20(15-19-25)21(22-16-6-2,23-17-7-3)24-18-8-4/h20,25H,5-19H2,1-4H3. The maximum atomic E-state index is 6.21. The second-order valence-corrected chi connectivity index (χ2v) is 7.36. The lowest BCUT2D eigenvalue weighted by atomic mass is 9.95. The summed E-state index contributed by atoms with van der Waals surface area (Å²) in [5.41, 5.74) is 0.